The number of aromatic nitrogens is 3. The number of likely N-dealkylation sites (tertiary alicyclic amines) is 1. The molecule has 1 saturated heterocycles. The molecule has 24 heavy (non-hydrogen) atoms. The zero-order chi connectivity index (χ0) is 17.1. The Kier molecular flexibility index (Phi) is 5.16. The number of carbonyl (C=O) groups excluding carboxylic acids is 1. The summed E-state index contributed by atoms with van der Waals surface area (Å²) in [6.07, 6.45) is 4.27. The smallest absolute Gasteiger partial charge is 0.238 e. The zero-order valence-corrected chi connectivity index (χ0v) is 14.7. The minimum Gasteiger partial charge on any atom is -0.323 e. The Morgan fingerprint density at radius 1 is 1.33 bits per heavy atom. The molecule has 0 spiro atoms. The molecule has 1 aromatic heterocycles. The summed E-state index contributed by atoms with van der Waals surface area (Å²) >= 11 is 6.08. The van der Waals surface area contributed by atoms with Gasteiger partial charge in [-0.3, -0.25) is 9.69 Å². The van der Waals surface area contributed by atoms with Gasteiger partial charge in [0.25, 0.3) is 0 Å². The van der Waals surface area contributed by atoms with Crippen LogP contribution in [0.4, 0.5) is 5.69 Å². The van der Waals surface area contributed by atoms with Crippen molar-refractivity contribution in [3.8, 4) is 5.69 Å². The van der Waals surface area contributed by atoms with Gasteiger partial charge in [0.2, 0.25) is 5.91 Å². The van der Waals surface area contributed by atoms with E-state index in [1.54, 1.807) is 23.1 Å². The van der Waals surface area contributed by atoms with Gasteiger partial charge >= 0.3 is 0 Å². The fourth-order valence-electron chi connectivity index (χ4n) is 3.45. The first-order chi connectivity index (χ1) is 11.5. The summed E-state index contributed by atoms with van der Waals surface area (Å²) in [6.45, 7) is 6.78. The van der Waals surface area contributed by atoms with Gasteiger partial charge in [-0.05, 0) is 36.5 Å². The summed E-state index contributed by atoms with van der Waals surface area (Å²) in [7, 11) is 0. The van der Waals surface area contributed by atoms with Crippen LogP contribution in [0.3, 0.4) is 0 Å². The molecule has 128 valence electrons. The van der Waals surface area contributed by atoms with Crippen LogP contribution >= 0.6 is 11.6 Å². The first-order valence-electron chi connectivity index (χ1n) is 8.18. The largest absolute Gasteiger partial charge is 0.323 e. The number of rotatable bonds is 4. The highest BCUT2D eigenvalue weighted by atomic mass is 35.5. The van der Waals surface area contributed by atoms with Crippen LogP contribution in [-0.2, 0) is 4.79 Å². The second-order valence-corrected chi connectivity index (χ2v) is 7.13. The molecule has 2 heterocycles. The number of nitrogens with one attached hydrogen (secondary N) is 1. The second kappa shape index (κ2) is 7.32. The average Bonchev–Trinajstić information content (AvgIpc) is 3.00. The van der Waals surface area contributed by atoms with E-state index in [9.17, 15) is 4.79 Å². The van der Waals surface area contributed by atoms with Gasteiger partial charge in [0.15, 0.2) is 0 Å². The predicted molar refractivity (Wildman–Crippen MR) is 94.4 cm³/mol. The van der Waals surface area contributed by atoms with Crippen LogP contribution in [0.5, 0.6) is 0 Å². The second-order valence-electron chi connectivity index (χ2n) is 6.69. The molecule has 1 N–H and O–H groups in total. The maximum atomic E-state index is 12.5. The van der Waals surface area contributed by atoms with Crippen molar-refractivity contribution in [1.82, 2.24) is 19.7 Å². The normalized spacial score (nSPS) is 21.6. The Bertz CT molecular complexity index is 693. The van der Waals surface area contributed by atoms with Crippen molar-refractivity contribution in [2.24, 2.45) is 11.8 Å². The Labute approximate surface area is 146 Å². The van der Waals surface area contributed by atoms with Gasteiger partial charge in [0, 0.05) is 18.1 Å². The van der Waals surface area contributed by atoms with Crippen LogP contribution in [0.2, 0.25) is 5.02 Å². The van der Waals surface area contributed by atoms with Crippen LogP contribution in [0.15, 0.2) is 30.9 Å². The van der Waals surface area contributed by atoms with E-state index >= 15 is 0 Å². The Hall–Kier alpha value is -1.92. The summed E-state index contributed by atoms with van der Waals surface area (Å²) in [4.78, 5) is 18.7. The Balaban J connectivity index is 1.71. The number of nitrogens with zero attached hydrogens (tertiary/aromatic N) is 4. The van der Waals surface area contributed by atoms with E-state index in [0.717, 1.165) is 18.8 Å². The highest BCUT2D eigenvalue weighted by molar-refractivity contribution is 6.31. The highest BCUT2D eigenvalue weighted by Gasteiger charge is 2.23. The first kappa shape index (κ1) is 16.9. The van der Waals surface area contributed by atoms with E-state index in [1.807, 2.05) is 6.07 Å². The molecule has 2 atom stereocenters. The lowest BCUT2D eigenvalue weighted by molar-refractivity contribution is -0.117. The van der Waals surface area contributed by atoms with E-state index < -0.39 is 0 Å². The summed E-state index contributed by atoms with van der Waals surface area (Å²) in [6, 6.07) is 5.32. The van der Waals surface area contributed by atoms with Crippen LogP contribution in [0, 0.1) is 11.8 Å². The van der Waals surface area contributed by atoms with Crippen molar-refractivity contribution in [3.63, 3.8) is 0 Å². The maximum Gasteiger partial charge on any atom is 0.238 e. The predicted octanol–water partition coefficient (Wildman–Crippen LogP) is 2.84. The number of carbonyl (C=O) groups is 1. The molecule has 7 heteroatoms. The van der Waals surface area contributed by atoms with Crippen LogP contribution in [0.1, 0.15) is 20.3 Å². The van der Waals surface area contributed by atoms with E-state index in [2.05, 4.69) is 34.1 Å². The van der Waals surface area contributed by atoms with Gasteiger partial charge in [-0.15, -0.1) is 0 Å². The molecule has 3 rings (SSSR count). The Morgan fingerprint density at radius 2 is 2.08 bits per heavy atom. The summed E-state index contributed by atoms with van der Waals surface area (Å²) in [5.74, 6) is 1.21. The molecule has 2 aromatic rings. The highest BCUT2D eigenvalue weighted by Crippen LogP contribution is 2.24. The number of halogens is 1. The number of piperidine rings is 1. The van der Waals surface area contributed by atoms with Gasteiger partial charge in [-0.2, -0.15) is 5.10 Å². The minimum absolute atomic E-state index is 0.0417. The molecule has 1 aromatic carbocycles. The van der Waals surface area contributed by atoms with Crippen LogP contribution in [0.25, 0.3) is 5.69 Å². The summed E-state index contributed by atoms with van der Waals surface area (Å²) in [5, 5.41) is 7.65. The van der Waals surface area contributed by atoms with E-state index in [1.165, 1.54) is 12.7 Å². The molecular formula is C17H22ClN5O. The van der Waals surface area contributed by atoms with Crippen molar-refractivity contribution in [2.75, 3.05) is 25.0 Å². The molecule has 0 aliphatic carbocycles. The molecule has 1 fully saturated rings. The third-order valence-corrected chi connectivity index (χ3v) is 4.45. The van der Waals surface area contributed by atoms with Crippen molar-refractivity contribution < 1.29 is 4.79 Å². The molecule has 1 aliphatic rings. The van der Waals surface area contributed by atoms with Crippen LogP contribution in [-0.4, -0.2) is 45.2 Å². The number of hydrogen-bond donors (Lipinski definition) is 1. The van der Waals surface area contributed by atoms with Crippen LogP contribution < -0.4 is 5.32 Å². The quantitative estimate of drug-likeness (QED) is 0.923. The zero-order valence-electron chi connectivity index (χ0n) is 13.9. The number of amides is 1. The maximum absolute atomic E-state index is 12.5. The third kappa shape index (κ3) is 4.13. The lowest BCUT2D eigenvalue weighted by Crippen LogP contribution is -2.42. The Morgan fingerprint density at radius 3 is 2.75 bits per heavy atom. The van der Waals surface area contributed by atoms with E-state index in [0.29, 0.717) is 29.1 Å². The average molecular weight is 348 g/mol. The molecular weight excluding hydrogens is 326 g/mol. The lowest BCUT2D eigenvalue weighted by atomic mass is 9.92. The number of anilines is 1. The van der Waals surface area contributed by atoms with Crippen molar-refractivity contribution in [3.05, 3.63) is 35.9 Å². The van der Waals surface area contributed by atoms with Gasteiger partial charge < -0.3 is 5.32 Å². The van der Waals surface area contributed by atoms with Gasteiger partial charge in [0.1, 0.15) is 12.7 Å². The number of hydrogen-bond acceptors (Lipinski definition) is 4. The number of benzene rings is 1. The lowest BCUT2D eigenvalue weighted by Gasteiger charge is -2.34. The van der Waals surface area contributed by atoms with Gasteiger partial charge in [0.05, 0.1) is 17.9 Å². The van der Waals surface area contributed by atoms with Gasteiger partial charge in [-0.1, -0.05) is 25.4 Å². The standard InChI is InChI=1S/C17H22ClN5O/c1-12-5-13(2)8-22(7-12)9-17(24)21-15-6-14(18)3-4-16(15)23-11-19-10-20-23/h3-4,6,10-13H,5,7-9H2,1-2H3,(H,21,24). The topological polar surface area (TPSA) is 63.1 Å². The fraction of sp³-hybridized carbons (Fsp3) is 0.471. The van der Waals surface area contributed by atoms with Crippen molar-refractivity contribution in [1.29, 1.82) is 0 Å². The van der Waals surface area contributed by atoms with Crippen molar-refractivity contribution in [2.45, 2.75) is 20.3 Å². The molecule has 6 nitrogen and oxygen atoms in total. The van der Waals surface area contributed by atoms with Gasteiger partial charge in [-0.25, -0.2) is 9.67 Å². The third-order valence-electron chi connectivity index (χ3n) is 4.21. The molecule has 0 radical (unpaired) electrons. The molecule has 1 amide bonds. The molecule has 1 aliphatic heterocycles. The summed E-state index contributed by atoms with van der Waals surface area (Å²) in [5.41, 5.74) is 1.38. The SMILES string of the molecule is CC1CC(C)CN(CC(=O)Nc2cc(Cl)ccc2-n2cncn2)C1. The molecule has 0 saturated carbocycles. The van der Waals surface area contributed by atoms with Crippen molar-refractivity contribution >= 4 is 23.2 Å². The van der Waals surface area contributed by atoms with E-state index in [4.69, 9.17) is 11.6 Å². The molecule has 2 unspecified atom stereocenters. The monoisotopic (exact) mass is 347 g/mol. The fourth-order valence-corrected chi connectivity index (χ4v) is 3.63. The summed E-state index contributed by atoms with van der Waals surface area (Å²) < 4.78 is 1.61. The first-order valence-corrected chi connectivity index (χ1v) is 8.56. The van der Waals surface area contributed by atoms with E-state index in [-0.39, 0.29) is 5.91 Å². The molecule has 0 bridgehead atoms. The minimum atomic E-state index is -0.0417.